The minimum absolute atomic E-state index is 0.427. The summed E-state index contributed by atoms with van der Waals surface area (Å²) in [6.07, 6.45) is 4.70. The Morgan fingerprint density at radius 1 is 1.06 bits per heavy atom. The SMILES string of the molecule is C=CCn1c(=NC(=O)/C=C\c2cc(OC)c(OC)c(OC)c2)sc2cc(C(=O)OC)ccc21. The number of hydrogen-bond acceptors (Lipinski definition) is 7. The summed E-state index contributed by atoms with van der Waals surface area (Å²) in [5.74, 6) is 0.561. The van der Waals surface area contributed by atoms with Crippen LogP contribution in [0.5, 0.6) is 17.2 Å². The van der Waals surface area contributed by atoms with Gasteiger partial charge in [-0.3, -0.25) is 4.79 Å². The Morgan fingerprint density at radius 3 is 2.33 bits per heavy atom. The summed E-state index contributed by atoms with van der Waals surface area (Å²) in [5, 5.41) is 0. The number of methoxy groups -OCH3 is 4. The van der Waals surface area contributed by atoms with E-state index in [-0.39, 0.29) is 0 Å². The van der Waals surface area contributed by atoms with Crippen LogP contribution in [0.2, 0.25) is 0 Å². The number of allylic oxidation sites excluding steroid dienone is 1. The van der Waals surface area contributed by atoms with Crippen molar-refractivity contribution < 1.29 is 28.5 Å². The maximum atomic E-state index is 12.6. The number of esters is 1. The molecule has 0 spiro atoms. The van der Waals surface area contributed by atoms with Crippen LogP contribution in [0.15, 0.2) is 54.1 Å². The number of thiazole rings is 1. The first-order chi connectivity index (χ1) is 15.9. The van der Waals surface area contributed by atoms with Crippen LogP contribution >= 0.6 is 11.3 Å². The summed E-state index contributed by atoms with van der Waals surface area (Å²) in [7, 11) is 5.90. The molecule has 1 heterocycles. The van der Waals surface area contributed by atoms with Gasteiger partial charge < -0.3 is 23.5 Å². The Bertz CT molecular complexity index is 1280. The van der Waals surface area contributed by atoms with Gasteiger partial charge in [-0.05, 0) is 42.0 Å². The Labute approximate surface area is 195 Å². The molecule has 8 nitrogen and oxygen atoms in total. The molecular formula is C24H24N2O6S. The highest BCUT2D eigenvalue weighted by Crippen LogP contribution is 2.38. The number of benzene rings is 2. The van der Waals surface area contributed by atoms with Crippen molar-refractivity contribution >= 4 is 39.5 Å². The zero-order valence-corrected chi connectivity index (χ0v) is 19.6. The summed E-state index contributed by atoms with van der Waals surface area (Å²) >= 11 is 1.30. The van der Waals surface area contributed by atoms with Crippen molar-refractivity contribution in [2.75, 3.05) is 28.4 Å². The highest BCUT2D eigenvalue weighted by atomic mass is 32.1. The molecule has 0 N–H and O–H groups in total. The van der Waals surface area contributed by atoms with Crippen LogP contribution in [0.25, 0.3) is 16.3 Å². The van der Waals surface area contributed by atoms with Gasteiger partial charge >= 0.3 is 5.97 Å². The fourth-order valence-corrected chi connectivity index (χ4v) is 4.29. The van der Waals surface area contributed by atoms with Gasteiger partial charge in [0.1, 0.15) is 0 Å². The lowest BCUT2D eigenvalue weighted by Gasteiger charge is -2.12. The lowest BCUT2D eigenvalue weighted by Crippen LogP contribution is -2.15. The molecule has 0 bridgehead atoms. The third kappa shape index (κ3) is 5.15. The third-order valence-corrected chi connectivity index (χ3v) is 5.77. The normalized spacial score (nSPS) is 11.6. The number of nitrogens with zero attached hydrogens (tertiary/aromatic N) is 2. The summed E-state index contributed by atoms with van der Waals surface area (Å²) in [4.78, 5) is 29.2. The van der Waals surface area contributed by atoms with Crippen LogP contribution in [-0.2, 0) is 16.1 Å². The number of fused-ring (bicyclic) bond motifs is 1. The van der Waals surface area contributed by atoms with Gasteiger partial charge in [-0.15, -0.1) is 6.58 Å². The van der Waals surface area contributed by atoms with E-state index in [0.717, 1.165) is 10.2 Å². The van der Waals surface area contributed by atoms with Crippen LogP contribution in [-0.4, -0.2) is 44.9 Å². The maximum Gasteiger partial charge on any atom is 0.337 e. The van der Waals surface area contributed by atoms with Gasteiger partial charge in [-0.1, -0.05) is 17.4 Å². The summed E-state index contributed by atoms with van der Waals surface area (Å²) in [6.45, 7) is 4.24. The van der Waals surface area contributed by atoms with E-state index in [2.05, 4.69) is 11.6 Å². The predicted molar refractivity (Wildman–Crippen MR) is 127 cm³/mol. The number of hydrogen-bond donors (Lipinski definition) is 0. The van der Waals surface area contributed by atoms with Gasteiger partial charge in [-0.2, -0.15) is 4.99 Å². The van der Waals surface area contributed by atoms with Crippen molar-refractivity contribution in [3.8, 4) is 17.2 Å². The summed E-state index contributed by atoms with van der Waals surface area (Å²) in [6, 6.07) is 8.67. The van der Waals surface area contributed by atoms with Gasteiger partial charge in [0.2, 0.25) is 5.75 Å². The van der Waals surface area contributed by atoms with E-state index in [1.807, 2.05) is 4.57 Å². The highest BCUT2D eigenvalue weighted by Gasteiger charge is 2.13. The second-order valence-corrected chi connectivity index (χ2v) is 7.71. The van der Waals surface area contributed by atoms with Gasteiger partial charge in [0.05, 0.1) is 44.2 Å². The fourth-order valence-electron chi connectivity index (χ4n) is 3.21. The highest BCUT2D eigenvalue weighted by molar-refractivity contribution is 7.16. The Kier molecular flexibility index (Phi) is 7.68. The van der Waals surface area contributed by atoms with E-state index in [1.165, 1.54) is 45.9 Å². The van der Waals surface area contributed by atoms with Crippen LogP contribution < -0.4 is 19.0 Å². The van der Waals surface area contributed by atoms with Crippen LogP contribution in [0.3, 0.4) is 0 Å². The van der Waals surface area contributed by atoms with Crippen molar-refractivity contribution in [1.82, 2.24) is 4.57 Å². The smallest absolute Gasteiger partial charge is 0.337 e. The first kappa shape index (κ1) is 23.8. The number of carbonyl (C=O) groups excluding carboxylic acids is 2. The van der Waals surface area contributed by atoms with Crippen LogP contribution in [0.1, 0.15) is 15.9 Å². The van der Waals surface area contributed by atoms with Crippen molar-refractivity contribution in [1.29, 1.82) is 0 Å². The quantitative estimate of drug-likeness (QED) is 0.284. The second kappa shape index (κ2) is 10.6. The molecule has 2 aromatic carbocycles. The zero-order chi connectivity index (χ0) is 24.0. The summed E-state index contributed by atoms with van der Waals surface area (Å²) in [5.41, 5.74) is 1.95. The van der Waals surface area contributed by atoms with Gasteiger partial charge in [-0.25, -0.2) is 4.79 Å². The first-order valence-corrected chi connectivity index (χ1v) is 10.7. The Balaban J connectivity index is 1.99. The molecule has 172 valence electrons. The number of rotatable bonds is 8. The standard InChI is InChI=1S/C24H24N2O6S/c1-6-11-26-17-9-8-16(23(28)32-5)14-20(17)33-24(26)25-21(27)10-7-15-12-18(29-2)22(31-4)19(13-15)30-3/h6-10,12-14H,1,11H2,2-5H3/b10-7-,25-24?. The van der Waals surface area contributed by atoms with Gasteiger partial charge in [0.15, 0.2) is 16.3 Å². The van der Waals surface area contributed by atoms with Crippen molar-refractivity contribution in [3.63, 3.8) is 0 Å². The van der Waals surface area contributed by atoms with Crippen molar-refractivity contribution in [3.05, 3.63) is 65.0 Å². The molecule has 1 aromatic heterocycles. The lowest BCUT2D eigenvalue weighted by molar-refractivity contribution is -0.113. The third-order valence-electron chi connectivity index (χ3n) is 4.73. The largest absolute Gasteiger partial charge is 0.493 e. The molecule has 9 heteroatoms. The molecule has 3 aromatic rings. The Morgan fingerprint density at radius 2 is 1.76 bits per heavy atom. The lowest BCUT2D eigenvalue weighted by atomic mass is 10.1. The molecule has 0 saturated carbocycles. The predicted octanol–water partition coefficient (Wildman–Crippen LogP) is 3.84. The second-order valence-electron chi connectivity index (χ2n) is 6.70. The molecule has 33 heavy (non-hydrogen) atoms. The zero-order valence-electron chi connectivity index (χ0n) is 18.8. The average Bonchev–Trinajstić information content (AvgIpc) is 3.17. The van der Waals surface area contributed by atoms with Crippen LogP contribution in [0, 0.1) is 0 Å². The van der Waals surface area contributed by atoms with Crippen molar-refractivity contribution in [2.24, 2.45) is 4.99 Å². The first-order valence-electron chi connectivity index (χ1n) is 9.85. The molecule has 0 aliphatic carbocycles. The Hall–Kier alpha value is -3.85. The average molecular weight is 469 g/mol. The fraction of sp³-hybridized carbons (Fsp3) is 0.208. The molecule has 0 radical (unpaired) electrons. The van der Waals surface area contributed by atoms with E-state index < -0.39 is 11.9 Å². The molecule has 0 saturated heterocycles. The summed E-state index contributed by atoms with van der Waals surface area (Å²) < 4.78 is 23.5. The topological polar surface area (TPSA) is 88.4 Å². The monoisotopic (exact) mass is 468 g/mol. The molecule has 1 amide bonds. The molecule has 0 aliphatic heterocycles. The van der Waals surface area contributed by atoms with E-state index in [9.17, 15) is 9.59 Å². The van der Waals surface area contributed by atoms with Gasteiger partial charge in [0, 0.05) is 12.6 Å². The minimum atomic E-state index is -0.443. The molecule has 0 unspecified atom stereocenters. The van der Waals surface area contributed by atoms with E-state index in [1.54, 1.807) is 42.5 Å². The minimum Gasteiger partial charge on any atom is -0.493 e. The van der Waals surface area contributed by atoms with Crippen LogP contribution in [0.4, 0.5) is 0 Å². The maximum absolute atomic E-state index is 12.6. The number of aromatic nitrogens is 1. The molecule has 0 aliphatic rings. The van der Waals surface area contributed by atoms with Crippen molar-refractivity contribution in [2.45, 2.75) is 6.54 Å². The number of amides is 1. The molecule has 0 fully saturated rings. The van der Waals surface area contributed by atoms with E-state index in [4.69, 9.17) is 18.9 Å². The number of carbonyl (C=O) groups is 2. The van der Waals surface area contributed by atoms with Gasteiger partial charge in [0.25, 0.3) is 5.91 Å². The number of ether oxygens (including phenoxy) is 4. The molecular weight excluding hydrogens is 444 g/mol. The van der Waals surface area contributed by atoms with E-state index >= 15 is 0 Å². The molecule has 3 rings (SSSR count). The van der Waals surface area contributed by atoms with E-state index in [0.29, 0.717) is 39.7 Å². The molecule has 0 atom stereocenters.